The first kappa shape index (κ1) is 17.3. The number of imidazole rings is 1. The van der Waals surface area contributed by atoms with E-state index in [4.69, 9.17) is 0 Å². The maximum absolute atomic E-state index is 12.3. The number of rotatable bonds is 6. The maximum atomic E-state index is 12.3. The van der Waals surface area contributed by atoms with Crippen LogP contribution in [0.1, 0.15) is 27.3 Å². The Kier molecular flexibility index (Phi) is 5.05. The summed E-state index contributed by atoms with van der Waals surface area (Å²) < 4.78 is 3.03. The number of carbonyl (C=O) groups is 1. The van der Waals surface area contributed by atoms with Gasteiger partial charge in [-0.25, -0.2) is 9.97 Å². The smallest absolute Gasteiger partial charge is 0.251 e. The summed E-state index contributed by atoms with van der Waals surface area (Å²) in [5, 5.41) is 6.96. The van der Waals surface area contributed by atoms with Crippen LogP contribution in [-0.4, -0.2) is 20.3 Å². The van der Waals surface area contributed by atoms with Gasteiger partial charge in [-0.3, -0.25) is 9.20 Å². The third kappa shape index (κ3) is 3.98. The van der Waals surface area contributed by atoms with Gasteiger partial charge in [-0.05, 0) is 24.6 Å². The lowest BCUT2D eigenvalue weighted by atomic mass is 10.1. The van der Waals surface area contributed by atoms with Gasteiger partial charge in [0.1, 0.15) is 4.34 Å². The minimum atomic E-state index is -0.0869. The minimum Gasteiger partial charge on any atom is -0.346 e. The molecule has 0 fully saturated rings. The second-order valence-corrected chi connectivity index (χ2v) is 8.70. The molecule has 3 heterocycles. The van der Waals surface area contributed by atoms with Gasteiger partial charge in [-0.1, -0.05) is 23.9 Å². The van der Waals surface area contributed by atoms with Crippen LogP contribution in [0.25, 0.3) is 4.96 Å². The number of aryl methyl sites for hydroxylation is 1. The Hall–Kier alpha value is -2.16. The molecular weight excluding hydrogens is 384 g/mol. The van der Waals surface area contributed by atoms with Crippen LogP contribution in [0.2, 0.25) is 0 Å². The lowest BCUT2D eigenvalue weighted by molar-refractivity contribution is 0.0950. The fourth-order valence-corrected chi connectivity index (χ4v) is 4.95. The van der Waals surface area contributed by atoms with Crippen molar-refractivity contribution in [1.82, 2.24) is 19.7 Å². The van der Waals surface area contributed by atoms with E-state index in [1.54, 1.807) is 34.4 Å². The van der Waals surface area contributed by atoms with Crippen molar-refractivity contribution in [2.75, 3.05) is 0 Å². The number of fused-ring (bicyclic) bond motifs is 1. The van der Waals surface area contributed by atoms with Crippen LogP contribution in [0.15, 0.2) is 51.8 Å². The Morgan fingerprint density at radius 2 is 2.08 bits per heavy atom. The topological polar surface area (TPSA) is 59.3 Å². The van der Waals surface area contributed by atoms with Crippen molar-refractivity contribution in [2.24, 2.45) is 0 Å². The van der Waals surface area contributed by atoms with E-state index in [2.05, 4.69) is 20.7 Å². The molecular formula is C18H16N4OS3. The highest BCUT2D eigenvalue weighted by Crippen LogP contribution is 2.26. The van der Waals surface area contributed by atoms with E-state index in [0.29, 0.717) is 12.1 Å². The molecule has 8 heteroatoms. The summed E-state index contributed by atoms with van der Waals surface area (Å²) >= 11 is 4.96. The van der Waals surface area contributed by atoms with E-state index in [-0.39, 0.29) is 5.91 Å². The zero-order chi connectivity index (χ0) is 17.9. The number of hydrogen-bond acceptors (Lipinski definition) is 6. The number of nitrogens with zero attached hydrogens (tertiary/aromatic N) is 3. The van der Waals surface area contributed by atoms with Crippen molar-refractivity contribution in [3.63, 3.8) is 0 Å². The average molecular weight is 401 g/mol. The molecule has 5 nitrogen and oxygen atoms in total. The zero-order valence-electron chi connectivity index (χ0n) is 14.0. The summed E-state index contributed by atoms with van der Waals surface area (Å²) in [6.07, 6.45) is 3.90. The Bertz CT molecular complexity index is 1000. The Balaban J connectivity index is 1.32. The molecule has 4 rings (SSSR count). The molecule has 0 aliphatic rings. The second kappa shape index (κ2) is 7.61. The lowest BCUT2D eigenvalue weighted by Crippen LogP contribution is -2.22. The summed E-state index contributed by atoms with van der Waals surface area (Å²) in [4.78, 5) is 22.2. The van der Waals surface area contributed by atoms with Crippen LogP contribution in [0, 0.1) is 6.92 Å². The quantitative estimate of drug-likeness (QED) is 0.488. The van der Waals surface area contributed by atoms with Crippen molar-refractivity contribution in [3.05, 3.63) is 69.9 Å². The number of nitrogens with one attached hydrogen (secondary N) is 1. The first-order valence-electron chi connectivity index (χ1n) is 8.00. The Labute approximate surface area is 163 Å². The predicted octanol–water partition coefficient (Wildman–Crippen LogP) is 4.38. The van der Waals surface area contributed by atoms with Gasteiger partial charge in [0.15, 0.2) is 4.96 Å². The van der Waals surface area contributed by atoms with E-state index in [1.165, 1.54) is 5.56 Å². The van der Waals surface area contributed by atoms with Gasteiger partial charge in [0.05, 0.1) is 12.2 Å². The molecule has 0 bridgehead atoms. The highest BCUT2D eigenvalue weighted by atomic mass is 32.2. The van der Waals surface area contributed by atoms with E-state index in [1.807, 2.05) is 53.4 Å². The highest BCUT2D eigenvalue weighted by molar-refractivity contribution is 8.00. The fourth-order valence-electron chi connectivity index (χ4n) is 2.43. The molecule has 0 unspecified atom stereocenters. The first-order chi connectivity index (χ1) is 12.7. The van der Waals surface area contributed by atoms with Crippen molar-refractivity contribution in [1.29, 1.82) is 0 Å². The number of benzene rings is 1. The summed E-state index contributed by atoms with van der Waals surface area (Å²) in [5.74, 6) is 0.761. The number of aromatic nitrogens is 3. The molecule has 0 aliphatic carbocycles. The molecule has 132 valence electrons. The van der Waals surface area contributed by atoms with Crippen LogP contribution in [0.3, 0.4) is 0 Å². The number of carbonyl (C=O) groups excluding carboxylic acids is 1. The molecule has 0 saturated heterocycles. The van der Waals surface area contributed by atoms with Crippen LogP contribution in [0.5, 0.6) is 0 Å². The van der Waals surface area contributed by atoms with Crippen LogP contribution in [-0.2, 0) is 12.3 Å². The van der Waals surface area contributed by atoms with Gasteiger partial charge in [-0.15, -0.1) is 22.7 Å². The SMILES string of the molecule is Cc1csc(SCc2ccc(C(=O)NCc3cn4ccsc4n3)cc2)n1. The van der Waals surface area contributed by atoms with Crippen molar-refractivity contribution < 1.29 is 4.79 Å². The molecule has 0 atom stereocenters. The van der Waals surface area contributed by atoms with Gasteiger partial charge in [0.2, 0.25) is 0 Å². The van der Waals surface area contributed by atoms with Crippen LogP contribution in [0.4, 0.5) is 0 Å². The number of thiazole rings is 2. The second-order valence-electron chi connectivity index (χ2n) is 5.75. The molecule has 0 radical (unpaired) electrons. The van der Waals surface area contributed by atoms with Gasteiger partial charge >= 0.3 is 0 Å². The highest BCUT2D eigenvalue weighted by Gasteiger charge is 2.08. The monoisotopic (exact) mass is 400 g/mol. The first-order valence-corrected chi connectivity index (χ1v) is 10.7. The standard InChI is InChI=1S/C18H16N4OS3/c1-12-10-25-18(20-12)26-11-13-2-4-14(5-3-13)16(23)19-8-15-9-22-6-7-24-17(22)21-15/h2-7,9-10H,8,11H2,1H3,(H,19,23). The average Bonchev–Trinajstić information content (AvgIpc) is 3.34. The maximum Gasteiger partial charge on any atom is 0.251 e. The number of hydrogen-bond donors (Lipinski definition) is 1. The van der Waals surface area contributed by atoms with E-state index in [9.17, 15) is 4.79 Å². The molecule has 26 heavy (non-hydrogen) atoms. The third-order valence-corrected chi connectivity index (χ3v) is 6.73. The van der Waals surface area contributed by atoms with E-state index < -0.39 is 0 Å². The molecule has 1 aromatic carbocycles. The molecule has 0 saturated carbocycles. The van der Waals surface area contributed by atoms with E-state index >= 15 is 0 Å². The molecule has 0 aliphatic heterocycles. The summed E-state index contributed by atoms with van der Waals surface area (Å²) in [6, 6.07) is 7.72. The molecule has 1 amide bonds. The molecule has 3 aromatic heterocycles. The van der Waals surface area contributed by atoms with Gasteiger partial charge in [0.25, 0.3) is 5.91 Å². The lowest BCUT2D eigenvalue weighted by Gasteiger charge is -2.05. The Morgan fingerprint density at radius 1 is 1.23 bits per heavy atom. The zero-order valence-corrected chi connectivity index (χ0v) is 16.5. The molecule has 1 N–H and O–H groups in total. The summed E-state index contributed by atoms with van der Waals surface area (Å²) in [5.41, 5.74) is 3.75. The van der Waals surface area contributed by atoms with Crippen LogP contribution < -0.4 is 5.32 Å². The van der Waals surface area contributed by atoms with Crippen LogP contribution >= 0.6 is 34.4 Å². The fraction of sp³-hybridized carbons (Fsp3) is 0.167. The van der Waals surface area contributed by atoms with Gasteiger partial charge < -0.3 is 5.32 Å². The van der Waals surface area contributed by atoms with E-state index in [0.717, 1.165) is 26.4 Å². The number of thioether (sulfide) groups is 1. The predicted molar refractivity (Wildman–Crippen MR) is 107 cm³/mol. The summed E-state index contributed by atoms with van der Waals surface area (Å²) in [6.45, 7) is 2.43. The third-order valence-electron chi connectivity index (χ3n) is 3.75. The molecule has 0 spiro atoms. The number of amides is 1. The summed E-state index contributed by atoms with van der Waals surface area (Å²) in [7, 11) is 0. The largest absolute Gasteiger partial charge is 0.346 e. The minimum absolute atomic E-state index is 0.0869. The van der Waals surface area contributed by atoms with Gasteiger partial charge in [0, 0.05) is 40.2 Å². The van der Waals surface area contributed by atoms with Crippen molar-refractivity contribution >= 4 is 45.3 Å². The van der Waals surface area contributed by atoms with Gasteiger partial charge in [-0.2, -0.15) is 0 Å². The van der Waals surface area contributed by atoms with Crippen molar-refractivity contribution in [2.45, 2.75) is 23.6 Å². The Morgan fingerprint density at radius 3 is 2.81 bits per heavy atom. The molecule has 4 aromatic rings. The van der Waals surface area contributed by atoms with Crippen molar-refractivity contribution in [3.8, 4) is 0 Å². The normalized spacial score (nSPS) is 11.1.